The molecular weight excluding hydrogens is 412 g/mol. The summed E-state index contributed by atoms with van der Waals surface area (Å²) in [5.74, 6) is 1.42. The molecule has 0 amide bonds. The second-order valence-corrected chi connectivity index (χ2v) is 7.40. The van der Waals surface area contributed by atoms with Crippen molar-refractivity contribution in [3.63, 3.8) is 0 Å². The number of nitro groups is 1. The quantitative estimate of drug-likeness (QED) is 0.305. The lowest BCUT2D eigenvalue weighted by atomic mass is 10.2. The Bertz CT molecular complexity index is 1020. The second kappa shape index (κ2) is 9.94. The first-order valence-electron chi connectivity index (χ1n) is 10.5. The molecule has 1 aromatic carbocycles. The highest BCUT2D eigenvalue weighted by Gasteiger charge is 2.29. The molecule has 11 nitrogen and oxygen atoms in total. The summed E-state index contributed by atoms with van der Waals surface area (Å²) in [6, 6.07) is 7.91. The van der Waals surface area contributed by atoms with Crippen molar-refractivity contribution in [1.29, 1.82) is 0 Å². The monoisotopic (exact) mass is 438 g/mol. The number of nitrogens with zero attached hydrogens (tertiary/aromatic N) is 7. The lowest BCUT2D eigenvalue weighted by Gasteiger charge is -2.36. The number of imidazole rings is 1. The van der Waals surface area contributed by atoms with Gasteiger partial charge in [-0.25, -0.2) is 15.0 Å². The van der Waals surface area contributed by atoms with Crippen molar-refractivity contribution in [2.75, 3.05) is 55.0 Å². The summed E-state index contributed by atoms with van der Waals surface area (Å²) in [6.07, 6.45) is 7.53. The van der Waals surface area contributed by atoms with E-state index in [0.29, 0.717) is 25.5 Å². The van der Waals surface area contributed by atoms with E-state index in [0.717, 1.165) is 37.5 Å². The molecule has 0 saturated carbocycles. The van der Waals surface area contributed by atoms with Gasteiger partial charge in [0.1, 0.15) is 12.1 Å². The Labute approximate surface area is 185 Å². The fourth-order valence-electron chi connectivity index (χ4n) is 3.76. The highest BCUT2D eigenvalue weighted by molar-refractivity contribution is 5.70. The van der Waals surface area contributed by atoms with E-state index in [1.165, 1.54) is 6.33 Å². The van der Waals surface area contributed by atoms with Gasteiger partial charge in [-0.15, -0.1) is 0 Å². The zero-order valence-corrected chi connectivity index (χ0v) is 17.9. The lowest BCUT2D eigenvalue weighted by Crippen LogP contribution is -2.47. The minimum atomic E-state index is -0.399. The molecule has 168 valence electrons. The SMILES string of the molecule is COc1ccc(N2CCN(c3ncnc(NCCCn4ccnc4)c3[N+](=O)[O-])CC2)cc1. The Balaban J connectivity index is 1.40. The standard InChI is InChI=1S/C21H26N8O3/c1-32-18-5-3-17(4-6-18)27-11-13-28(14-12-27)21-19(29(30)31)20(24-15-25-21)23-7-2-9-26-10-8-22-16-26/h3-6,8,10,15-16H,2,7,9,11-14H2,1H3,(H,23,24,25). The number of hydrogen-bond donors (Lipinski definition) is 1. The van der Waals surface area contributed by atoms with Crippen LogP contribution in [0.3, 0.4) is 0 Å². The van der Waals surface area contributed by atoms with Crippen LogP contribution in [0, 0.1) is 10.1 Å². The first-order valence-corrected chi connectivity index (χ1v) is 10.5. The number of benzene rings is 1. The summed E-state index contributed by atoms with van der Waals surface area (Å²) in [7, 11) is 1.64. The third kappa shape index (κ3) is 4.88. The van der Waals surface area contributed by atoms with Crippen molar-refractivity contribution < 1.29 is 9.66 Å². The largest absolute Gasteiger partial charge is 0.497 e. The summed E-state index contributed by atoms with van der Waals surface area (Å²) in [5.41, 5.74) is 1.02. The van der Waals surface area contributed by atoms with E-state index in [1.807, 2.05) is 39.9 Å². The van der Waals surface area contributed by atoms with Crippen LogP contribution in [0.5, 0.6) is 5.75 Å². The van der Waals surface area contributed by atoms with E-state index in [2.05, 4.69) is 25.2 Å². The Morgan fingerprint density at radius 3 is 2.53 bits per heavy atom. The van der Waals surface area contributed by atoms with E-state index in [-0.39, 0.29) is 11.5 Å². The van der Waals surface area contributed by atoms with E-state index in [4.69, 9.17) is 4.74 Å². The number of anilines is 3. The molecule has 1 fully saturated rings. The van der Waals surface area contributed by atoms with Crippen molar-refractivity contribution in [2.24, 2.45) is 0 Å². The van der Waals surface area contributed by atoms with Crippen LogP contribution >= 0.6 is 0 Å². The number of nitrogens with one attached hydrogen (secondary N) is 1. The van der Waals surface area contributed by atoms with Crippen LogP contribution in [0.4, 0.5) is 23.0 Å². The molecular formula is C21H26N8O3. The van der Waals surface area contributed by atoms with Gasteiger partial charge in [-0.2, -0.15) is 0 Å². The first-order chi connectivity index (χ1) is 15.7. The average Bonchev–Trinajstić information content (AvgIpc) is 3.35. The van der Waals surface area contributed by atoms with Gasteiger partial charge in [0.25, 0.3) is 0 Å². The van der Waals surface area contributed by atoms with E-state index >= 15 is 0 Å². The van der Waals surface area contributed by atoms with Crippen molar-refractivity contribution in [1.82, 2.24) is 19.5 Å². The summed E-state index contributed by atoms with van der Waals surface area (Å²) >= 11 is 0. The van der Waals surface area contributed by atoms with Crippen LogP contribution < -0.4 is 19.9 Å². The molecule has 3 aromatic rings. The van der Waals surface area contributed by atoms with Crippen LogP contribution in [-0.2, 0) is 6.54 Å². The molecule has 0 bridgehead atoms. The Morgan fingerprint density at radius 1 is 1.12 bits per heavy atom. The number of piperazine rings is 1. The van der Waals surface area contributed by atoms with Gasteiger partial charge >= 0.3 is 5.69 Å². The van der Waals surface area contributed by atoms with Gasteiger partial charge in [0.2, 0.25) is 11.6 Å². The minimum absolute atomic E-state index is 0.0759. The second-order valence-electron chi connectivity index (χ2n) is 7.40. The maximum Gasteiger partial charge on any atom is 0.353 e. The summed E-state index contributed by atoms with van der Waals surface area (Å²) in [4.78, 5) is 28.1. The summed E-state index contributed by atoms with van der Waals surface area (Å²) in [6.45, 7) is 4.06. The highest BCUT2D eigenvalue weighted by atomic mass is 16.6. The van der Waals surface area contributed by atoms with Crippen molar-refractivity contribution in [3.05, 3.63) is 59.4 Å². The van der Waals surface area contributed by atoms with E-state index in [1.54, 1.807) is 19.6 Å². The molecule has 1 aliphatic heterocycles. The molecule has 0 unspecified atom stereocenters. The zero-order chi connectivity index (χ0) is 22.3. The summed E-state index contributed by atoms with van der Waals surface area (Å²) < 4.78 is 7.18. The van der Waals surface area contributed by atoms with Gasteiger partial charge in [-0.3, -0.25) is 10.1 Å². The molecule has 1 saturated heterocycles. The number of rotatable bonds is 9. The number of hydrogen-bond acceptors (Lipinski definition) is 9. The molecule has 0 radical (unpaired) electrons. The fourth-order valence-corrected chi connectivity index (χ4v) is 3.76. The van der Waals surface area contributed by atoms with Gasteiger partial charge in [0.15, 0.2) is 0 Å². The van der Waals surface area contributed by atoms with Crippen molar-refractivity contribution in [3.8, 4) is 5.75 Å². The Kier molecular flexibility index (Phi) is 6.63. The number of methoxy groups -OCH3 is 1. The predicted molar refractivity (Wildman–Crippen MR) is 121 cm³/mol. The fraction of sp³-hybridized carbons (Fsp3) is 0.381. The molecule has 0 aliphatic carbocycles. The molecule has 32 heavy (non-hydrogen) atoms. The Hall–Kier alpha value is -3.89. The van der Waals surface area contributed by atoms with Gasteiger partial charge < -0.3 is 24.4 Å². The van der Waals surface area contributed by atoms with Gasteiger partial charge in [0, 0.05) is 57.3 Å². The highest BCUT2D eigenvalue weighted by Crippen LogP contribution is 2.32. The predicted octanol–water partition coefficient (Wildman–Crippen LogP) is 2.42. The molecule has 4 rings (SSSR count). The van der Waals surface area contributed by atoms with Crippen molar-refractivity contribution in [2.45, 2.75) is 13.0 Å². The number of aromatic nitrogens is 4. The first kappa shape index (κ1) is 21.3. The van der Waals surface area contributed by atoms with Crippen molar-refractivity contribution >= 4 is 23.0 Å². The maximum absolute atomic E-state index is 11.9. The molecule has 11 heteroatoms. The van der Waals surface area contributed by atoms with Gasteiger partial charge in [0.05, 0.1) is 18.4 Å². The smallest absolute Gasteiger partial charge is 0.353 e. The number of aryl methyl sites for hydroxylation is 1. The normalized spacial score (nSPS) is 13.8. The topological polar surface area (TPSA) is 114 Å². The van der Waals surface area contributed by atoms with Gasteiger partial charge in [-0.1, -0.05) is 0 Å². The molecule has 0 atom stereocenters. The lowest BCUT2D eigenvalue weighted by molar-refractivity contribution is -0.383. The third-order valence-electron chi connectivity index (χ3n) is 5.45. The molecule has 3 heterocycles. The Morgan fingerprint density at radius 2 is 1.88 bits per heavy atom. The number of ether oxygens (including phenoxy) is 1. The van der Waals surface area contributed by atoms with E-state index in [9.17, 15) is 10.1 Å². The van der Waals surface area contributed by atoms with Gasteiger partial charge in [-0.05, 0) is 30.7 Å². The molecule has 1 N–H and O–H groups in total. The van der Waals surface area contributed by atoms with Crippen LogP contribution in [0.15, 0.2) is 49.3 Å². The molecule has 1 aliphatic rings. The summed E-state index contributed by atoms with van der Waals surface area (Å²) in [5, 5.41) is 15.0. The van der Waals surface area contributed by atoms with Crippen LogP contribution in [0.2, 0.25) is 0 Å². The molecule has 0 spiro atoms. The van der Waals surface area contributed by atoms with Crippen LogP contribution in [-0.4, -0.2) is 64.3 Å². The van der Waals surface area contributed by atoms with Crippen LogP contribution in [0.1, 0.15) is 6.42 Å². The zero-order valence-electron chi connectivity index (χ0n) is 17.9. The third-order valence-corrected chi connectivity index (χ3v) is 5.45. The minimum Gasteiger partial charge on any atom is -0.497 e. The average molecular weight is 438 g/mol. The molecule has 2 aromatic heterocycles. The van der Waals surface area contributed by atoms with E-state index < -0.39 is 4.92 Å². The van der Waals surface area contributed by atoms with Crippen LogP contribution in [0.25, 0.3) is 0 Å². The maximum atomic E-state index is 11.9.